The average molecular weight is 271 g/mol. The van der Waals surface area contributed by atoms with Crippen molar-refractivity contribution in [1.82, 2.24) is 5.32 Å². The van der Waals surface area contributed by atoms with Crippen molar-refractivity contribution >= 4 is 11.3 Å². The molecule has 0 fully saturated rings. The van der Waals surface area contributed by atoms with Gasteiger partial charge >= 0.3 is 0 Å². The first-order valence-corrected chi connectivity index (χ1v) is 7.98. The van der Waals surface area contributed by atoms with E-state index in [1.165, 1.54) is 30.4 Å². The smallest absolute Gasteiger partial charge is 0.0390 e. The van der Waals surface area contributed by atoms with Gasteiger partial charge in [0.05, 0.1) is 0 Å². The lowest BCUT2D eigenvalue weighted by molar-refractivity contribution is 0.427. The van der Waals surface area contributed by atoms with E-state index in [0.717, 1.165) is 0 Å². The van der Waals surface area contributed by atoms with Crippen LogP contribution in [0.4, 0.5) is 0 Å². The van der Waals surface area contributed by atoms with Crippen molar-refractivity contribution < 1.29 is 0 Å². The van der Waals surface area contributed by atoms with Crippen molar-refractivity contribution in [3.05, 3.63) is 57.3 Å². The number of likely N-dealkylation sites (N-methyl/N-ethyl adjacent to an activating group) is 1. The summed E-state index contributed by atoms with van der Waals surface area (Å²) in [5, 5.41) is 5.82. The molecule has 0 saturated carbocycles. The third-order valence-corrected chi connectivity index (χ3v) is 5.33. The van der Waals surface area contributed by atoms with Gasteiger partial charge in [-0.25, -0.2) is 0 Å². The van der Waals surface area contributed by atoms with Crippen molar-refractivity contribution in [2.24, 2.45) is 0 Å². The van der Waals surface area contributed by atoms with E-state index in [1.807, 2.05) is 11.3 Å². The zero-order valence-corrected chi connectivity index (χ0v) is 12.5. The number of benzene rings is 1. The molecule has 2 atom stereocenters. The van der Waals surface area contributed by atoms with Crippen LogP contribution in [0.15, 0.2) is 35.7 Å². The van der Waals surface area contributed by atoms with Gasteiger partial charge < -0.3 is 5.32 Å². The quantitative estimate of drug-likeness (QED) is 0.870. The Bertz CT molecular complexity index is 558. The Morgan fingerprint density at radius 1 is 1.26 bits per heavy atom. The van der Waals surface area contributed by atoms with Gasteiger partial charge in [0.2, 0.25) is 0 Å². The van der Waals surface area contributed by atoms with Gasteiger partial charge in [0.1, 0.15) is 0 Å². The molecule has 1 aliphatic rings. The maximum Gasteiger partial charge on any atom is 0.0390 e. The predicted molar refractivity (Wildman–Crippen MR) is 83.0 cm³/mol. The largest absolute Gasteiger partial charge is 0.312 e. The fourth-order valence-corrected chi connectivity index (χ4v) is 4.37. The van der Waals surface area contributed by atoms with E-state index in [9.17, 15) is 0 Å². The van der Waals surface area contributed by atoms with Crippen LogP contribution in [0.25, 0.3) is 0 Å². The molecule has 0 radical (unpaired) electrons. The number of hydrogen-bond acceptors (Lipinski definition) is 2. The minimum absolute atomic E-state index is 0.440. The number of nitrogens with one attached hydrogen (secondary N) is 1. The minimum atomic E-state index is 0.440. The summed E-state index contributed by atoms with van der Waals surface area (Å²) in [5.41, 5.74) is 4.43. The van der Waals surface area contributed by atoms with Gasteiger partial charge in [0.25, 0.3) is 0 Å². The van der Waals surface area contributed by atoms with E-state index in [1.54, 1.807) is 10.4 Å². The standard InChI is InChI=1S/C17H21NS/c1-12-6-3-4-7-13(12)17(18-2)15-8-5-9-16-14(15)10-11-19-16/h3-4,6-7,10-11,15,17-18H,5,8-9H2,1-2H3. The van der Waals surface area contributed by atoms with Crippen molar-refractivity contribution in [3.63, 3.8) is 0 Å². The van der Waals surface area contributed by atoms with E-state index in [2.05, 4.69) is 55.0 Å². The van der Waals surface area contributed by atoms with Gasteiger partial charge in [-0.2, -0.15) is 0 Å². The Morgan fingerprint density at radius 2 is 2.11 bits per heavy atom. The number of aryl methyl sites for hydroxylation is 2. The normalized spacial score (nSPS) is 20.0. The zero-order chi connectivity index (χ0) is 13.2. The topological polar surface area (TPSA) is 12.0 Å². The lowest BCUT2D eigenvalue weighted by atomic mass is 9.79. The molecule has 3 rings (SSSR count). The van der Waals surface area contributed by atoms with Crippen LogP contribution in [0.1, 0.15) is 46.4 Å². The molecule has 1 aliphatic carbocycles. The van der Waals surface area contributed by atoms with Crippen LogP contribution in [0.2, 0.25) is 0 Å². The molecular weight excluding hydrogens is 250 g/mol. The number of rotatable bonds is 3. The van der Waals surface area contributed by atoms with E-state index in [-0.39, 0.29) is 0 Å². The molecule has 2 heteroatoms. The number of fused-ring (bicyclic) bond motifs is 1. The lowest BCUT2D eigenvalue weighted by Gasteiger charge is -2.31. The summed E-state index contributed by atoms with van der Waals surface area (Å²) in [4.78, 5) is 1.60. The van der Waals surface area contributed by atoms with E-state index in [0.29, 0.717) is 12.0 Å². The highest BCUT2D eigenvalue weighted by Crippen LogP contribution is 2.42. The van der Waals surface area contributed by atoms with Crippen LogP contribution in [-0.4, -0.2) is 7.05 Å². The highest BCUT2D eigenvalue weighted by molar-refractivity contribution is 7.10. The Labute approximate surface area is 119 Å². The van der Waals surface area contributed by atoms with Crippen LogP contribution >= 0.6 is 11.3 Å². The molecule has 0 bridgehead atoms. The molecule has 1 N–H and O–H groups in total. The second-order valence-electron chi connectivity index (χ2n) is 5.42. The fraction of sp³-hybridized carbons (Fsp3) is 0.412. The fourth-order valence-electron chi connectivity index (χ4n) is 3.38. The van der Waals surface area contributed by atoms with Gasteiger partial charge in [-0.3, -0.25) is 0 Å². The maximum absolute atomic E-state index is 3.56. The number of hydrogen-bond donors (Lipinski definition) is 1. The molecule has 0 aliphatic heterocycles. The first-order valence-electron chi connectivity index (χ1n) is 7.10. The van der Waals surface area contributed by atoms with E-state index >= 15 is 0 Å². The molecule has 1 aromatic carbocycles. The highest BCUT2D eigenvalue weighted by atomic mass is 32.1. The molecule has 1 nitrogen and oxygen atoms in total. The third-order valence-electron chi connectivity index (χ3n) is 4.34. The molecule has 0 spiro atoms. The minimum Gasteiger partial charge on any atom is -0.312 e. The summed E-state index contributed by atoms with van der Waals surface area (Å²) in [5.74, 6) is 0.626. The molecule has 2 unspecified atom stereocenters. The van der Waals surface area contributed by atoms with Crippen molar-refractivity contribution in [1.29, 1.82) is 0 Å². The SMILES string of the molecule is CNC(c1ccccc1C)C1CCCc2sccc21. The zero-order valence-electron chi connectivity index (χ0n) is 11.6. The van der Waals surface area contributed by atoms with E-state index in [4.69, 9.17) is 0 Å². The lowest BCUT2D eigenvalue weighted by Crippen LogP contribution is -2.26. The first-order chi connectivity index (χ1) is 9.31. The van der Waals surface area contributed by atoms with Gasteiger partial charge in [-0.15, -0.1) is 11.3 Å². The molecule has 0 saturated heterocycles. The van der Waals surface area contributed by atoms with Crippen molar-refractivity contribution in [3.8, 4) is 0 Å². The Morgan fingerprint density at radius 3 is 2.89 bits per heavy atom. The molecule has 1 aromatic heterocycles. The maximum atomic E-state index is 3.56. The van der Waals surface area contributed by atoms with Crippen molar-refractivity contribution in [2.75, 3.05) is 7.05 Å². The van der Waals surface area contributed by atoms with Gasteiger partial charge in [0, 0.05) is 16.8 Å². The Balaban J connectivity index is 1.99. The van der Waals surface area contributed by atoms with Gasteiger partial charge in [-0.1, -0.05) is 24.3 Å². The average Bonchev–Trinajstić information content (AvgIpc) is 2.91. The van der Waals surface area contributed by atoms with Crippen LogP contribution < -0.4 is 5.32 Å². The summed E-state index contributed by atoms with van der Waals surface area (Å²) in [7, 11) is 2.09. The third kappa shape index (κ3) is 2.35. The molecule has 100 valence electrons. The summed E-state index contributed by atoms with van der Waals surface area (Å²) in [6.07, 6.45) is 3.89. The highest BCUT2D eigenvalue weighted by Gasteiger charge is 2.29. The Hall–Kier alpha value is -1.12. The molecular formula is C17H21NS. The molecule has 19 heavy (non-hydrogen) atoms. The van der Waals surface area contributed by atoms with E-state index < -0.39 is 0 Å². The first kappa shape index (κ1) is 12.9. The summed E-state index contributed by atoms with van der Waals surface area (Å²) in [6.45, 7) is 2.22. The van der Waals surface area contributed by atoms with Crippen LogP contribution in [0.3, 0.4) is 0 Å². The van der Waals surface area contributed by atoms with Crippen LogP contribution in [0, 0.1) is 6.92 Å². The second-order valence-corrected chi connectivity index (χ2v) is 6.42. The number of thiophene rings is 1. The molecule has 2 aromatic rings. The molecule has 0 amide bonds. The predicted octanol–water partition coefficient (Wildman–Crippen LogP) is 4.44. The van der Waals surface area contributed by atoms with Crippen LogP contribution in [-0.2, 0) is 6.42 Å². The Kier molecular flexibility index (Phi) is 3.72. The monoisotopic (exact) mass is 271 g/mol. The second kappa shape index (κ2) is 5.48. The summed E-state index contributed by atoms with van der Waals surface area (Å²) < 4.78 is 0. The van der Waals surface area contributed by atoms with Crippen molar-refractivity contribution in [2.45, 2.75) is 38.1 Å². The van der Waals surface area contributed by atoms with Gasteiger partial charge in [0.15, 0.2) is 0 Å². The summed E-state index contributed by atoms with van der Waals surface area (Å²) in [6, 6.07) is 11.6. The summed E-state index contributed by atoms with van der Waals surface area (Å²) >= 11 is 1.93. The van der Waals surface area contributed by atoms with Gasteiger partial charge in [-0.05, 0) is 61.4 Å². The van der Waals surface area contributed by atoms with Crippen LogP contribution in [0.5, 0.6) is 0 Å². The molecule has 1 heterocycles.